The third-order valence-corrected chi connectivity index (χ3v) is 9.37. The standard InChI is InChI=1S/C38H23NOS/c1-2-11-28(12-3-1)39-33-15-6-4-14-31(33)38-37(39)32-20-18-27(23-36(32)41-38)25-10-8-9-24(21-25)26-17-19-30-29-13-5-7-16-34(29)40-35(30)22-26/h1-23H. The molecule has 41 heavy (non-hydrogen) atoms. The fourth-order valence-electron chi connectivity index (χ4n) is 6.28. The van der Waals surface area contributed by atoms with Crippen LogP contribution in [0.1, 0.15) is 0 Å². The Kier molecular flexibility index (Phi) is 4.80. The van der Waals surface area contributed by atoms with E-state index in [2.05, 4.69) is 132 Å². The van der Waals surface area contributed by atoms with Crippen LogP contribution < -0.4 is 0 Å². The Morgan fingerprint density at radius 3 is 1.98 bits per heavy atom. The van der Waals surface area contributed by atoms with Crippen molar-refractivity contribution in [3.63, 3.8) is 0 Å². The zero-order chi connectivity index (χ0) is 26.9. The predicted molar refractivity (Wildman–Crippen MR) is 174 cm³/mol. The molecule has 3 aromatic heterocycles. The van der Waals surface area contributed by atoms with Crippen LogP contribution in [-0.4, -0.2) is 4.57 Å². The average molecular weight is 542 g/mol. The first-order valence-corrected chi connectivity index (χ1v) is 14.7. The number of para-hydroxylation sites is 3. The van der Waals surface area contributed by atoms with Gasteiger partial charge in [0.15, 0.2) is 0 Å². The van der Waals surface area contributed by atoms with E-state index >= 15 is 0 Å². The maximum absolute atomic E-state index is 6.17. The number of nitrogens with zero attached hydrogens (tertiary/aromatic N) is 1. The van der Waals surface area contributed by atoms with Crippen LogP contribution in [0.4, 0.5) is 0 Å². The van der Waals surface area contributed by atoms with E-state index in [0.717, 1.165) is 27.5 Å². The molecule has 0 spiro atoms. The van der Waals surface area contributed by atoms with E-state index < -0.39 is 0 Å². The molecular weight excluding hydrogens is 518 g/mol. The van der Waals surface area contributed by atoms with Crippen LogP contribution in [0.3, 0.4) is 0 Å². The van der Waals surface area contributed by atoms with Gasteiger partial charge in [-0.1, -0.05) is 91.0 Å². The normalized spacial score (nSPS) is 11.9. The van der Waals surface area contributed by atoms with Gasteiger partial charge < -0.3 is 8.98 Å². The second kappa shape index (κ2) is 8.69. The Bertz CT molecular complexity index is 2420. The summed E-state index contributed by atoms with van der Waals surface area (Å²) < 4.78 is 11.2. The van der Waals surface area contributed by atoms with Gasteiger partial charge in [-0.15, -0.1) is 11.3 Å². The van der Waals surface area contributed by atoms with Gasteiger partial charge in [0, 0.05) is 31.9 Å². The second-order valence-corrected chi connectivity index (χ2v) is 11.6. The lowest BCUT2D eigenvalue weighted by Gasteiger charge is -2.09. The van der Waals surface area contributed by atoms with Gasteiger partial charge in [0.2, 0.25) is 0 Å². The SMILES string of the molecule is c1ccc(-n2c3ccccc3c3sc4cc(-c5cccc(-c6ccc7c(c6)oc6ccccc67)c5)ccc4c32)cc1. The van der Waals surface area contributed by atoms with E-state index in [1.165, 1.54) is 53.6 Å². The molecule has 0 saturated heterocycles. The monoisotopic (exact) mass is 541 g/mol. The number of hydrogen-bond acceptors (Lipinski definition) is 2. The predicted octanol–water partition coefficient (Wildman–Crippen LogP) is 11.2. The number of hydrogen-bond donors (Lipinski definition) is 0. The molecule has 0 fully saturated rings. The van der Waals surface area contributed by atoms with Gasteiger partial charge in [-0.25, -0.2) is 0 Å². The molecule has 192 valence electrons. The molecule has 9 aromatic rings. The van der Waals surface area contributed by atoms with Crippen molar-refractivity contribution in [2.24, 2.45) is 0 Å². The van der Waals surface area contributed by atoms with E-state index in [-0.39, 0.29) is 0 Å². The lowest BCUT2D eigenvalue weighted by molar-refractivity contribution is 0.669. The van der Waals surface area contributed by atoms with Crippen LogP contribution in [0.5, 0.6) is 0 Å². The van der Waals surface area contributed by atoms with Gasteiger partial charge in [0.1, 0.15) is 11.2 Å². The van der Waals surface area contributed by atoms with Crippen LogP contribution in [-0.2, 0) is 0 Å². The molecule has 0 atom stereocenters. The van der Waals surface area contributed by atoms with Gasteiger partial charge in [-0.3, -0.25) is 0 Å². The van der Waals surface area contributed by atoms with Crippen LogP contribution in [0.15, 0.2) is 144 Å². The van der Waals surface area contributed by atoms with E-state index in [1.807, 2.05) is 23.5 Å². The van der Waals surface area contributed by atoms with E-state index in [1.54, 1.807) is 0 Å². The summed E-state index contributed by atoms with van der Waals surface area (Å²) >= 11 is 1.89. The molecule has 0 radical (unpaired) electrons. The second-order valence-electron chi connectivity index (χ2n) is 10.6. The molecule has 0 aliphatic heterocycles. The van der Waals surface area contributed by atoms with Gasteiger partial charge >= 0.3 is 0 Å². The summed E-state index contributed by atoms with van der Waals surface area (Å²) in [6, 6.07) is 50.0. The molecule has 0 N–H and O–H groups in total. The average Bonchev–Trinajstić information content (AvgIpc) is 3.69. The molecule has 0 bridgehead atoms. The molecule has 0 aliphatic carbocycles. The van der Waals surface area contributed by atoms with Crippen molar-refractivity contribution in [2.75, 3.05) is 0 Å². The van der Waals surface area contributed by atoms with Gasteiger partial charge in [0.05, 0.1) is 15.7 Å². The highest BCUT2D eigenvalue weighted by atomic mass is 32.1. The van der Waals surface area contributed by atoms with E-state index in [9.17, 15) is 0 Å². The minimum atomic E-state index is 0.923. The molecule has 0 aliphatic rings. The van der Waals surface area contributed by atoms with Gasteiger partial charge in [-0.05, 0) is 70.8 Å². The Morgan fingerprint density at radius 1 is 0.463 bits per heavy atom. The van der Waals surface area contributed by atoms with Gasteiger partial charge in [-0.2, -0.15) is 0 Å². The number of aromatic nitrogens is 1. The van der Waals surface area contributed by atoms with E-state index in [4.69, 9.17) is 4.42 Å². The lowest BCUT2D eigenvalue weighted by Crippen LogP contribution is -1.92. The zero-order valence-corrected chi connectivity index (χ0v) is 22.9. The summed E-state index contributed by atoms with van der Waals surface area (Å²) in [4.78, 5) is 0. The van der Waals surface area contributed by atoms with Crippen LogP contribution in [0.25, 0.3) is 81.1 Å². The summed E-state index contributed by atoms with van der Waals surface area (Å²) in [6.07, 6.45) is 0. The molecule has 2 nitrogen and oxygen atoms in total. The first-order valence-electron chi connectivity index (χ1n) is 13.9. The Morgan fingerprint density at radius 2 is 1.12 bits per heavy atom. The zero-order valence-electron chi connectivity index (χ0n) is 22.0. The highest BCUT2D eigenvalue weighted by Gasteiger charge is 2.18. The number of benzene rings is 6. The maximum Gasteiger partial charge on any atom is 0.136 e. The molecule has 0 amide bonds. The summed E-state index contributed by atoms with van der Waals surface area (Å²) in [5, 5.41) is 4.91. The van der Waals surface area contributed by atoms with Crippen molar-refractivity contribution in [2.45, 2.75) is 0 Å². The summed E-state index contributed by atoms with van der Waals surface area (Å²) in [6.45, 7) is 0. The van der Waals surface area contributed by atoms with Crippen molar-refractivity contribution in [3.05, 3.63) is 140 Å². The Balaban J connectivity index is 1.18. The topological polar surface area (TPSA) is 18.1 Å². The maximum atomic E-state index is 6.17. The number of furan rings is 1. The number of rotatable bonds is 3. The Labute approximate surface area is 240 Å². The molecule has 0 unspecified atom stereocenters. The first kappa shape index (κ1) is 22.7. The van der Waals surface area contributed by atoms with Crippen LogP contribution in [0.2, 0.25) is 0 Å². The Hall–Kier alpha value is -5.12. The summed E-state index contributed by atoms with van der Waals surface area (Å²) in [5.41, 5.74) is 10.4. The highest BCUT2D eigenvalue weighted by molar-refractivity contribution is 7.26. The van der Waals surface area contributed by atoms with Crippen LogP contribution >= 0.6 is 11.3 Å². The quantitative estimate of drug-likeness (QED) is 0.217. The summed E-state index contributed by atoms with van der Waals surface area (Å²) in [7, 11) is 0. The molecular formula is C38H23NOS. The molecule has 9 rings (SSSR count). The highest BCUT2D eigenvalue weighted by Crippen LogP contribution is 2.43. The third-order valence-electron chi connectivity index (χ3n) is 8.20. The number of thiophene rings is 1. The van der Waals surface area contributed by atoms with Crippen molar-refractivity contribution in [1.82, 2.24) is 4.57 Å². The first-order chi connectivity index (χ1) is 20.3. The smallest absolute Gasteiger partial charge is 0.136 e. The fourth-order valence-corrected chi connectivity index (χ4v) is 7.54. The minimum Gasteiger partial charge on any atom is -0.456 e. The minimum absolute atomic E-state index is 0.923. The van der Waals surface area contributed by atoms with Crippen molar-refractivity contribution in [1.29, 1.82) is 0 Å². The molecule has 3 heterocycles. The molecule has 3 heteroatoms. The fraction of sp³-hybridized carbons (Fsp3) is 0. The van der Waals surface area contributed by atoms with Crippen molar-refractivity contribution < 1.29 is 4.42 Å². The number of fused-ring (bicyclic) bond motifs is 8. The van der Waals surface area contributed by atoms with E-state index in [0.29, 0.717) is 0 Å². The molecule has 6 aromatic carbocycles. The van der Waals surface area contributed by atoms with Crippen molar-refractivity contribution in [3.8, 4) is 27.9 Å². The lowest BCUT2D eigenvalue weighted by atomic mass is 9.98. The molecule has 0 saturated carbocycles. The third kappa shape index (κ3) is 3.43. The van der Waals surface area contributed by atoms with Crippen LogP contribution in [0, 0.1) is 0 Å². The van der Waals surface area contributed by atoms with Gasteiger partial charge in [0.25, 0.3) is 0 Å². The largest absolute Gasteiger partial charge is 0.456 e. The summed E-state index contributed by atoms with van der Waals surface area (Å²) in [5.74, 6) is 0. The van der Waals surface area contributed by atoms with Crippen molar-refractivity contribution >= 4 is 64.5 Å².